The van der Waals surface area contributed by atoms with Gasteiger partial charge in [-0.05, 0) is 69.2 Å². The molecule has 0 radical (unpaired) electrons. The van der Waals surface area contributed by atoms with Crippen molar-refractivity contribution >= 4 is 5.82 Å². The summed E-state index contributed by atoms with van der Waals surface area (Å²) in [5, 5.41) is 32.5. The third-order valence-electron chi connectivity index (χ3n) is 5.53. The van der Waals surface area contributed by atoms with Crippen molar-refractivity contribution in [1.82, 2.24) is 24.7 Å². The molecule has 0 fully saturated rings. The SMILES string of the molecule is Cc1cn(-c2ccc(-c3cc(C)c(N[C@H](c4ccc(F)cc4)C(C)(C)O)nn3)nc2CO)cn1. The molecule has 3 aromatic heterocycles. The van der Waals surface area contributed by atoms with Gasteiger partial charge < -0.3 is 20.1 Å². The number of halogens is 1. The van der Waals surface area contributed by atoms with E-state index in [2.05, 4.69) is 25.5 Å². The molecule has 0 spiro atoms. The largest absolute Gasteiger partial charge is 0.390 e. The number of benzene rings is 1. The minimum Gasteiger partial charge on any atom is -0.390 e. The van der Waals surface area contributed by atoms with Crippen LogP contribution in [0.25, 0.3) is 17.1 Å². The summed E-state index contributed by atoms with van der Waals surface area (Å²) < 4.78 is 15.2. The van der Waals surface area contributed by atoms with Crippen molar-refractivity contribution in [3.8, 4) is 17.1 Å². The monoisotopic (exact) mass is 462 g/mol. The highest BCUT2D eigenvalue weighted by Crippen LogP contribution is 2.31. The molecule has 176 valence electrons. The van der Waals surface area contributed by atoms with Crippen molar-refractivity contribution in [1.29, 1.82) is 0 Å². The number of hydrogen-bond donors (Lipinski definition) is 3. The topological polar surface area (TPSA) is 109 Å². The summed E-state index contributed by atoms with van der Waals surface area (Å²) >= 11 is 0. The van der Waals surface area contributed by atoms with E-state index in [1.807, 2.05) is 42.8 Å². The van der Waals surface area contributed by atoms with Gasteiger partial charge in [-0.25, -0.2) is 14.4 Å². The van der Waals surface area contributed by atoms with Crippen LogP contribution in [-0.2, 0) is 6.61 Å². The zero-order valence-electron chi connectivity index (χ0n) is 19.5. The van der Waals surface area contributed by atoms with Gasteiger partial charge in [0.2, 0.25) is 0 Å². The minimum atomic E-state index is -1.15. The Morgan fingerprint density at radius 2 is 1.79 bits per heavy atom. The highest BCUT2D eigenvalue weighted by atomic mass is 19.1. The van der Waals surface area contributed by atoms with E-state index in [1.165, 1.54) is 12.1 Å². The maximum Gasteiger partial charge on any atom is 0.152 e. The van der Waals surface area contributed by atoms with Gasteiger partial charge in [0.25, 0.3) is 0 Å². The van der Waals surface area contributed by atoms with Crippen molar-refractivity contribution in [3.05, 3.63) is 83.3 Å². The lowest BCUT2D eigenvalue weighted by Crippen LogP contribution is -2.35. The van der Waals surface area contributed by atoms with Gasteiger partial charge in [0.1, 0.15) is 11.5 Å². The summed E-state index contributed by atoms with van der Waals surface area (Å²) in [6, 6.07) is 11.0. The Morgan fingerprint density at radius 1 is 1.06 bits per heavy atom. The molecule has 4 rings (SSSR count). The summed E-state index contributed by atoms with van der Waals surface area (Å²) in [5.41, 5.74) is 3.59. The normalized spacial score (nSPS) is 12.6. The first kappa shape index (κ1) is 23.5. The van der Waals surface area contributed by atoms with Gasteiger partial charge in [0.05, 0.1) is 47.3 Å². The fourth-order valence-corrected chi connectivity index (χ4v) is 3.75. The molecule has 0 saturated carbocycles. The number of rotatable bonds is 7. The third kappa shape index (κ3) is 4.95. The van der Waals surface area contributed by atoms with Crippen LogP contribution in [0.2, 0.25) is 0 Å². The highest BCUT2D eigenvalue weighted by Gasteiger charge is 2.29. The molecule has 9 heteroatoms. The lowest BCUT2D eigenvalue weighted by atomic mass is 9.91. The summed E-state index contributed by atoms with van der Waals surface area (Å²) in [5.74, 6) is 0.149. The second kappa shape index (κ2) is 9.28. The third-order valence-corrected chi connectivity index (χ3v) is 5.53. The maximum absolute atomic E-state index is 13.4. The van der Waals surface area contributed by atoms with Crippen molar-refractivity contribution in [3.63, 3.8) is 0 Å². The molecule has 3 heterocycles. The number of anilines is 1. The summed E-state index contributed by atoms with van der Waals surface area (Å²) in [6.45, 7) is 6.88. The Hall–Kier alpha value is -3.69. The van der Waals surface area contributed by atoms with Crippen LogP contribution in [0.1, 0.15) is 42.4 Å². The second-order valence-electron chi connectivity index (χ2n) is 8.79. The predicted molar refractivity (Wildman–Crippen MR) is 127 cm³/mol. The van der Waals surface area contributed by atoms with Gasteiger partial charge in [0, 0.05) is 6.20 Å². The number of pyridine rings is 1. The second-order valence-corrected chi connectivity index (χ2v) is 8.79. The van der Waals surface area contributed by atoms with Crippen LogP contribution in [0, 0.1) is 19.7 Å². The van der Waals surface area contributed by atoms with Crippen molar-refractivity contribution in [2.45, 2.75) is 45.9 Å². The van der Waals surface area contributed by atoms with Crippen LogP contribution in [0.3, 0.4) is 0 Å². The van der Waals surface area contributed by atoms with Gasteiger partial charge in [-0.3, -0.25) is 0 Å². The number of aliphatic hydroxyl groups is 2. The zero-order valence-corrected chi connectivity index (χ0v) is 19.5. The Morgan fingerprint density at radius 3 is 2.38 bits per heavy atom. The predicted octanol–water partition coefficient (Wildman–Crippen LogP) is 3.90. The number of imidazole rings is 1. The quantitative estimate of drug-likeness (QED) is 0.382. The Balaban J connectivity index is 1.63. The summed E-state index contributed by atoms with van der Waals surface area (Å²) in [6.07, 6.45) is 3.54. The molecule has 3 N–H and O–H groups in total. The highest BCUT2D eigenvalue weighted by molar-refractivity contribution is 5.60. The molecule has 0 aliphatic heterocycles. The van der Waals surface area contributed by atoms with Gasteiger partial charge >= 0.3 is 0 Å². The fraction of sp³-hybridized carbons (Fsp3) is 0.280. The number of aliphatic hydroxyl groups excluding tert-OH is 1. The maximum atomic E-state index is 13.4. The average molecular weight is 463 g/mol. The minimum absolute atomic E-state index is 0.239. The number of aromatic nitrogens is 5. The molecule has 0 aliphatic carbocycles. The average Bonchev–Trinajstić information content (AvgIpc) is 3.24. The molecule has 0 bridgehead atoms. The molecule has 0 unspecified atom stereocenters. The van der Waals surface area contributed by atoms with Crippen molar-refractivity contribution in [2.24, 2.45) is 0 Å². The van der Waals surface area contributed by atoms with Gasteiger partial charge in [-0.15, -0.1) is 10.2 Å². The van der Waals surface area contributed by atoms with Gasteiger partial charge in [-0.2, -0.15) is 0 Å². The Bertz CT molecular complexity index is 1300. The van der Waals surface area contributed by atoms with E-state index in [-0.39, 0.29) is 12.4 Å². The Labute approximate surface area is 197 Å². The molecule has 1 aromatic carbocycles. The first-order valence-corrected chi connectivity index (χ1v) is 10.9. The van der Waals surface area contributed by atoms with Gasteiger partial charge in [0.15, 0.2) is 5.82 Å². The van der Waals surface area contributed by atoms with Crippen LogP contribution in [0.5, 0.6) is 0 Å². The van der Waals surface area contributed by atoms with E-state index >= 15 is 0 Å². The fourth-order valence-electron chi connectivity index (χ4n) is 3.75. The van der Waals surface area contributed by atoms with Crippen LogP contribution < -0.4 is 5.32 Å². The molecule has 8 nitrogen and oxygen atoms in total. The molecular formula is C25H27FN6O2. The van der Waals surface area contributed by atoms with E-state index in [1.54, 1.807) is 32.3 Å². The molecule has 0 aliphatic rings. The van der Waals surface area contributed by atoms with E-state index in [0.717, 1.165) is 22.5 Å². The zero-order chi connectivity index (χ0) is 24.5. The number of aryl methyl sites for hydroxylation is 2. The van der Waals surface area contributed by atoms with E-state index < -0.39 is 11.6 Å². The van der Waals surface area contributed by atoms with Crippen LogP contribution in [-0.4, -0.2) is 40.5 Å². The number of nitrogens with one attached hydrogen (secondary N) is 1. The van der Waals surface area contributed by atoms with Crippen LogP contribution in [0.4, 0.5) is 10.2 Å². The van der Waals surface area contributed by atoms with E-state index in [9.17, 15) is 14.6 Å². The molecule has 0 saturated heterocycles. The first-order valence-electron chi connectivity index (χ1n) is 10.9. The molecule has 1 atom stereocenters. The van der Waals surface area contributed by atoms with Crippen LogP contribution in [0.15, 0.2) is 55.0 Å². The van der Waals surface area contributed by atoms with Crippen molar-refractivity contribution in [2.75, 3.05) is 5.32 Å². The number of hydrogen-bond acceptors (Lipinski definition) is 7. The summed E-state index contributed by atoms with van der Waals surface area (Å²) in [4.78, 5) is 8.80. The lowest BCUT2D eigenvalue weighted by molar-refractivity contribution is 0.0587. The first-order chi connectivity index (χ1) is 16.2. The van der Waals surface area contributed by atoms with Crippen LogP contribution >= 0.6 is 0 Å². The van der Waals surface area contributed by atoms with E-state index in [0.29, 0.717) is 22.9 Å². The van der Waals surface area contributed by atoms with E-state index in [4.69, 9.17) is 0 Å². The summed E-state index contributed by atoms with van der Waals surface area (Å²) in [7, 11) is 0. The standard InChI is InChI=1S/C25H27FN6O2/c1-15-11-20(19-9-10-22(21(13-33)28-19)32-12-16(2)27-14-32)30-31-24(15)29-23(25(3,4)34)17-5-7-18(26)8-6-17/h5-12,14,23,33-34H,13H2,1-4H3,(H,29,31)/t23-/m1/s1. The molecule has 0 amide bonds. The molecule has 34 heavy (non-hydrogen) atoms. The molecular weight excluding hydrogens is 435 g/mol. The smallest absolute Gasteiger partial charge is 0.152 e. The Kier molecular flexibility index (Phi) is 6.41. The lowest BCUT2D eigenvalue weighted by Gasteiger charge is -2.31. The van der Waals surface area contributed by atoms with Crippen molar-refractivity contribution < 1.29 is 14.6 Å². The number of nitrogens with zero attached hydrogens (tertiary/aromatic N) is 5. The molecule has 4 aromatic rings. The van der Waals surface area contributed by atoms with Gasteiger partial charge in [-0.1, -0.05) is 12.1 Å².